The second-order valence-corrected chi connectivity index (χ2v) is 20.5. The third-order valence-electron chi connectivity index (χ3n) is 14.6. The van der Waals surface area contributed by atoms with Crippen molar-refractivity contribution < 1.29 is 9.47 Å². The Balaban J connectivity index is 0.931. The first-order valence-electron chi connectivity index (χ1n) is 23.7. The zero-order valence-corrected chi connectivity index (χ0v) is 39.6. The van der Waals surface area contributed by atoms with Gasteiger partial charge in [0.2, 0.25) is 0 Å². The summed E-state index contributed by atoms with van der Waals surface area (Å²) >= 11 is 3.19. The predicted octanol–water partition coefficient (Wildman–Crippen LogP) is 12.2. The molecular formula is C56H58N4O4S2. The van der Waals surface area contributed by atoms with Gasteiger partial charge in [-0.25, -0.2) is 9.97 Å². The van der Waals surface area contributed by atoms with Crippen LogP contribution in [0, 0.1) is 0 Å². The van der Waals surface area contributed by atoms with Crippen LogP contribution in [0.2, 0.25) is 0 Å². The van der Waals surface area contributed by atoms with Crippen molar-refractivity contribution in [1.82, 2.24) is 19.1 Å². The van der Waals surface area contributed by atoms with Crippen LogP contribution >= 0.6 is 23.5 Å². The number of thioether (sulfide) groups is 2. The van der Waals surface area contributed by atoms with Crippen LogP contribution in [0.4, 0.5) is 0 Å². The van der Waals surface area contributed by atoms with Gasteiger partial charge in [-0.15, -0.1) is 13.2 Å². The van der Waals surface area contributed by atoms with E-state index in [0.717, 1.165) is 126 Å². The Morgan fingerprint density at radius 2 is 1.21 bits per heavy atom. The van der Waals surface area contributed by atoms with Gasteiger partial charge >= 0.3 is 0 Å². The number of nitrogens with zero attached hydrogens (tertiary/aromatic N) is 4. The van der Waals surface area contributed by atoms with Crippen molar-refractivity contribution in [3.05, 3.63) is 176 Å². The van der Waals surface area contributed by atoms with E-state index in [-0.39, 0.29) is 21.9 Å². The van der Waals surface area contributed by atoms with Crippen LogP contribution in [0.5, 0.6) is 11.5 Å². The first-order valence-corrected chi connectivity index (χ1v) is 25.6. The zero-order valence-electron chi connectivity index (χ0n) is 38.0. The van der Waals surface area contributed by atoms with Crippen molar-refractivity contribution in [2.75, 3.05) is 7.11 Å². The fourth-order valence-electron chi connectivity index (χ4n) is 11.4. The summed E-state index contributed by atoms with van der Waals surface area (Å²) in [6, 6.07) is 31.3. The zero-order chi connectivity index (χ0) is 45.3. The second-order valence-electron chi connectivity index (χ2n) is 18.6. The molecule has 2 aromatic heterocycles. The Labute approximate surface area is 396 Å². The fourth-order valence-corrected chi connectivity index (χ4v) is 13.3. The molecule has 2 spiro atoms. The Morgan fingerprint density at radius 1 is 0.636 bits per heavy atom. The Morgan fingerprint density at radius 3 is 1.85 bits per heavy atom. The molecule has 10 rings (SSSR count). The summed E-state index contributed by atoms with van der Waals surface area (Å²) in [5.41, 5.74) is 11.2. The molecular weight excluding hydrogens is 857 g/mol. The number of hydrogen-bond donors (Lipinski definition) is 0. The molecule has 4 aliphatic carbocycles. The minimum absolute atomic E-state index is 0.0612. The van der Waals surface area contributed by atoms with Crippen LogP contribution in [-0.4, -0.2) is 26.2 Å². The van der Waals surface area contributed by atoms with Crippen LogP contribution in [0.1, 0.15) is 103 Å². The Bertz CT molecular complexity index is 2920. The van der Waals surface area contributed by atoms with E-state index >= 15 is 0 Å². The predicted molar refractivity (Wildman–Crippen MR) is 268 cm³/mol. The largest absolute Gasteiger partial charge is 0.497 e. The molecule has 4 aromatic carbocycles. The number of benzene rings is 4. The van der Waals surface area contributed by atoms with Crippen LogP contribution in [0.3, 0.4) is 0 Å². The molecule has 8 nitrogen and oxygen atoms in total. The quantitative estimate of drug-likeness (QED) is 0.0607. The van der Waals surface area contributed by atoms with E-state index in [1.807, 2.05) is 39.5 Å². The molecule has 0 amide bonds. The highest BCUT2D eigenvalue weighted by atomic mass is 32.2. The van der Waals surface area contributed by atoms with Gasteiger partial charge in [-0.1, -0.05) is 141 Å². The number of allylic oxidation sites excluding steroid dienone is 2. The number of ether oxygens (including phenoxy) is 2. The molecule has 4 aliphatic rings. The van der Waals surface area contributed by atoms with Crippen LogP contribution in [-0.2, 0) is 54.9 Å². The molecule has 0 radical (unpaired) electrons. The summed E-state index contributed by atoms with van der Waals surface area (Å²) < 4.78 is 15.7. The van der Waals surface area contributed by atoms with Crippen LogP contribution in [0.25, 0.3) is 22.5 Å². The smallest absolute Gasteiger partial charge is 0.258 e. The third-order valence-corrected chi connectivity index (χ3v) is 16.7. The summed E-state index contributed by atoms with van der Waals surface area (Å²) in [4.78, 5) is 40.2. The first-order chi connectivity index (χ1) is 32.3. The molecule has 0 atom stereocenters. The lowest BCUT2D eigenvalue weighted by Crippen LogP contribution is -2.43. The Kier molecular flexibility index (Phi) is 12.7. The van der Waals surface area contributed by atoms with Crippen molar-refractivity contribution in [2.45, 2.75) is 129 Å². The van der Waals surface area contributed by atoms with Crippen molar-refractivity contribution in [3.8, 4) is 34.0 Å². The number of hydrogen-bond acceptors (Lipinski definition) is 8. The average molecular weight is 915 g/mol. The SMILES string of the molecule is C=CCn1c(SCc2cccc(OCc3cccc4c3CC3(CCCCC3)c3c-4nc(SCc4ccc(OC)cc4)n(CC=C)c3=O)c2)nc2c(c1=O)C1(CCCCC1)Cc1ccccc1-2. The topological polar surface area (TPSA) is 88.2 Å². The van der Waals surface area contributed by atoms with E-state index in [0.29, 0.717) is 41.5 Å². The van der Waals surface area contributed by atoms with Gasteiger partial charge in [0.15, 0.2) is 10.3 Å². The lowest BCUT2D eigenvalue weighted by molar-refractivity contribution is 0.275. The van der Waals surface area contributed by atoms with Crippen molar-refractivity contribution >= 4 is 23.5 Å². The molecule has 0 aliphatic heterocycles. The summed E-state index contributed by atoms with van der Waals surface area (Å²) in [6.45, 7) is 9.27. The molecule has 66 heavy (non-hydrogen) atoms. The van der Waals surface area contributed by atoms with Crippen molar-refractivity contribution in [3.63, 3.8) is 0 Å². The van der Waals surface area contributed by atoms with Crippen molar-refractivity contribution in [1.29, 1.82) is 0 Å². The highest BCUT2D eigenvalue weighted by molar-refractivity contribution is 7.98. The molecule has 2 saturated carbocycles. The highest BCUT2D eigenvalue weighted by Gasteiger charge is 2.45. The molecule has 338 valence electrons. The van der Waals surface area contributed by atoms with Gasteiger partial charge in [-0.3, -0.25) is 18.7 Å². The van der Waals surface area contributed by atoms with E-state index in [1.54, 1.807) is 36.7 Å². The average Bonchev–Trinajstić information content (AvgIpc) is 3.34. The molecule has 0 saturated heterocycles. The van der Waals surface area contributed by atoms with E-state index in [4.69, 9.17) is 19.4 Å². The minimum atomic E-state index is -0.282. The lowest BCUT2D eigenvalue weighted by Gasteiger charge is -2.42. The summed E-state index contributed by atoms with van der Waals surface area (Å²) in [6.07, 6.45) is 16.1. The van der Waals surface area contributed by atoms with Gasteiger partial charge in [0, 0.05) is 46.6 Å². The van der Waals surface area contributed by atoms with Gasteiger partial charge in [0.05, 0.1) is 29.6 Å². The van der Waals surface area contributed by atoms with E-state index in [9.17, 15) is 9.59 Å². The first kappa shape index (κ1) is 44.3. The Hall–Kier alpha value is -5.58. The minimum Gasteiger partial charge on any atom is -0.497 e. The van der Waals surface area contributed by atoms with E-state index in [2.05, 4.69) is 79.9 Å². The van der Waals surface area contributed by atoms with Gasteiger partial charge in [-0.2, -0.15) is 0 Å². The van der Waals surface area contributed by atoms with Gasteiger partial charge < -0.3 is 9.47 Å². The fraction of sp³-hybridized carbons (Fsp3) is 0.357. The molecule has 2 heterocycles. The summed E-state index contributed by atoms with van der Waals surface area (Å²) in [5, 5.41) is 1.42. The van der Waals surface area contributed by atoms with Gasteiger partial charge in [0.1, 0.15) is 18.1 Å². The monoisotopic (exact) mass is 914 g/mol. The lowest BCUT2D eigenvalue weighted by atomic mass is 9.62. The number of rotatable bonds is 14. The molecule has 0 unspecified atom stereocenters. The van der Waals surface area contributed by atoms with E-state index in [1.165, 1.54) is 24.0 Å². The van der Waals surface area contributed by atoms with Gasteiger partial charge in [-0.05, 0) is 90.6 Å². The van der Waals surface area contributed by atoms with Crippen molar-refractivity contribution in [2.24, 2.45) is 0 Å². The maximum absolute atomic E-state index is 14.8. The normalized spacial score (nSPS) is 16.4. The number of fused-ring (bicyclic) bond motifs is 8. The highest BCUT2D eigenvalue weighted by Crippen LogP contribution is 2.51. The molecule has 6 aromatic rings. The standard InChI is InChI=1S/C56H58N4O4S2/c1-4-30-59-51(61)47-49(44-20-9-8-17-40(44)33-55(47)26-10-6-11-27-55)57-53(59)66-37-39-16-14-19-43(32-39)64-35-41-18-15-21-45-46(41)34-56(28-12-7-13-29-56)48-50(45)58-54(60(31-5-2)52(48)62)65-36-38-22-24-42(63-3)25-23-38/h4-5,8-9,14-25,32H,1-2,6-7,10-13,26-31,33-37H2,3H3. The second kappa shape index (κ2) is 19.0. The molecule has 2 fully saturated rings. The molecule has 0 N–H and O–H groups in total. The summed E-state index contributed by atoms with van der Waals surface area (Å²) in [5.74, 6) is 2.89. The maximum atomic E-state index is 14.8. The number of methoxy groups -OCH3 is 1. The number of aromatic nitrogens is 4. The van der Waals surface area contributed by atoms with Gasteiger partial charge in [0.25, 0.3) is 11.1 Å². The summed E-state index contributed by atoms with van der Waals surface area (Å²) in [7, 11) is 1.67. The molecule has 10 heteroatoms. The third kappa shape index (κ3) is 8.29. The maximum Gasteiger partial charge on any atom is 0.258 e. The van der Waals surface area contributed by atoms with E-state index < -0.39 is 0 Å². The van der Waals surface area contributed by atoms with Crippen LogP contribution < -0.4 is 20.6 Å². The molecule has 0 bridgehead atoms. The van der Waals surface area contributed by atoms with Crippen LogP contribution in [0.15, 0.2) is 136 Å².